The van der Waals surface area contributed by atoms with Crippen molar-refractivity contribution < 1.29 is 33.6 Å². The van der Waals surface area contributed by atoms with Crippen LogP contribution in [0.4, 0.5) is 5.69 Å². The number of hydrogen-bond donors (Lipinski definition) is 0. The smallest absolute Gasteiger partial charge is 0.345 e. The average molecular weight is 445 g/mol. The molecule has 0 heterocycles. The highest BCUT2D eigenvalue weighted by Crippen LogP contribution is 2.35. The van der Waals surface area contributed by atoms with E-state index < -0.39 is 45.2 Å². The van der Waals surface area contributed by atoms with Crippen molar-refractivity contribution >= 4 is 29.2 Å². The van der Waals surface area contributed by atoms with Crippen molar-refractivity contribution in [3.8, 4) is 0 Å². The van der Waals surface area contributed by atoms with Gasteiger partial charge in [0.15, 0.2) is 5.78 Å². The van der Waals surface area contributed by atoms with Crippen LogP contribution in [0.15, 0.2) is 60.7 Å². The van der Waals surface area contributed by atoms with E-state index in [0.29, 0.717) is 5.56 Å². The average Bonchev–Trinajstić information content (AvgIpc) is 2.84. The number of fused-ring (bicyclic) bond motifs is 2. The summed E-state index contributed by atoms with van der Waals surface area (Å²) in [6, 6.07) is 14.5. The first kappa shape index (κ1) is 21.6. The maximum absolute atomic E-state index is 13.0. The Hall–Kier alpha value is -4.66. The van der Waals surface area contributed by atoms with Crippen molar-refractivity contribution in [3.05, 3.63) is 110 Å². The van der Waals surface area contributed by atoms with Gasteiger partial charge in [0.2, 0.25) is 5.78 Å². The van der Waals surface area contributed by atoms with Gasteiger partial charge in [0.05, 0.1) is 17.6 Å². The van der Waals surface area contributed by atoms with Gasteiger partial charge in [-0.25, -0.2) is 9.59 Å². The molecule has 0 aromatic heterocycles. The van der Waals surface area contributed by atoms with Gasteiger partial charge in [-0.3, -0.25) is 19.7 Å². The number of methoxy groups -OCH3 is 1. The molecule has 0 aliphatic heterocycles. The maximum atomic E-state index is 13.0. The van der Waals surface area contributed by atoms with Crippen LogP contribution in [0, 0.1) is 10.1 Å². The summed E-state index contributed by atoms with van der Waals surface area (Å²) in [6.45, 7) is -0.284. The van der Waals surface area contributed by atoms with Crippen LogP contribution < -0.4 is 0 Å². The highest BCUT2D eigenvalue weighted by molar-refractivity contribution is 6.30. The van der Waals surface area contributed by atoms with Gasteiger partial charge in [0, 0.05) is 16.7 Å². The lowest BCUT2D eigenvalue weighted by atomic mass is 9.82. The number of carbonyl (C=O) groups is 4. The number of rotatable bonds is 5. The molecule has 0 N–H and O–H groups in total. The number of ether oxygens (including phenoxy) is 2. The van der Waals surface area contributed by atoms with Crippen LogP contribution in [0.25, 0.3) is 0 Å². The molecule has 164 valence electrons. The standard InChI is InChI=1S/C24H15NO8/c1-32-23(28)14-6-4-5-13(11-14)12-33-24(29)18-10-9-17-19(20(18)25(30)31)22(27)16-8-3-2-7-15(16)21(17)26/h2-11H,12H2,1H3. The number of carbonyl (C=O) groups excluding carboxylic acids is 4. The minimum atomic E-state index is -1.05. The van der Waals surface area contributed by atoms with Crippen LogP contribution in [-0.4, -0.2) is 35.5 Å². The predicted octanol–water partition coefficient (Wildman–Crippen LogP) is 3.51. The second-order valence-electron chi connectivity index (χ2n) is 7.11. The maximum Gasteiger partial charge on any atom is 0.345 e. The Labute approximate surface area is 186 Å². The number of esters is 2. The lowest BCUT2D eigenvalue weighted by molar-refractivity contribution is -0.385. The third kappa shape index (κ3) is 3.76. The number of ketones is 2. The lowest BCUT2D eigenvalue weighted by Crippen LogP contribution is -2.23. The van der Waals surface area contributed by atoms with Crippen LogP contribution in [-0.2, 0) is 16.1 Å². The lowest BCUT2D eigenvalue weighted by Gasteiger charge is -2.18. The summed E-state index contributed by atoms with van der Waals surface area (Å²) >= 11 is 0. The Bertz CT molecular complexity index is 1360. The first-order valence-electron chi connectivity index (χ1n) is 9.67. The second-order valence-corrected chi connectivity index (χ2v) is 7.11. The summed E-state index contributed by atoms with van der Waals surface area (Å²) in [5.41, 5.74) is -0.954. The molecule has 1 aliphatic rings. The highest BCUT2D eigenvalue weighted by Gasteiger charge is 2.38. The van der Waals surface area contributed by atoms with E-state index in [2.05, 4.69) is 4.74 Å². The highest BCUT2D eigenvalue weighted by atomic mass is 16.6. The number of nitro groups is 1. The van der Waals surface area contributed by atoms with Gasteiger partial charge in [0.25, 0.3) is 5.69 Å². The predicted molar refractivity (Wildman–Crippen MR) is 113 cm³/mol. The van der Waals surface area contributed by atoms with Gasteiger partial charge in [-0.15, -0.1) is 0 Å². The largest absolute Gasteiger partial charge is 0.465 e. The molecule has 4 rings (SSSR count). The topological polar surface area (TPSA) is 130 Å². The molecule has 0 saturated heterocycles. The molecule has 0 unspecified atom stereocenters. The molecule has 0 radical (unpaired) electrons. The van der Waals surface area contributed by atoms with E-state index in [4.69, 9.17) is 4.74 Å². The van der Waals surface area contributed by atoms with Gasteiger partial charge in [-0.1, -0.05) is 36.4 Å². The van der Waals surface area contributed by atoms with Gasteiger partial charge >= 0.3 is 11.9 Å². The van der Waals surface area contributed by atoms with Crippen molar-refractivity contribution in [2.24, 2.45) is 0 Å². The monoisotopic (exact) mass is 445 g/mol. The van der Waals surface area contributed by atoms with Gasteiger partial charge in [-0.05, 0) is 29.8 Å². The molecule has 0 amide bonds. The van der Waals surface area contributed by atoms with Gasteiger partial charge in [0.1, 0.15) is 17.7 Å². The molecule has 0 spiro atoms. The van der Waals surface area contributed by atoms with Crippen LogP contribution in [0.5, 0.6) is 0 Å². The van der Waals surface area contributed by atoms with E-state index >= 15 is 0 Å². The quantitative estimate of drug-likeness (QED) is 0.259. The molecule has 0 atom stereocenters. The van der Waals surface area contributed by atoms with Gasteiger partial charge < -0.3 is 9.47 Å². The fraction of sp³-hybridized carbons (Fsp3) is 0.0833. The SMILES string of the molecule is COC(=O)c1cccc(COC(=O)c2ccc3c(c2[N+](=O)[O-])C(=O)c2ccccc2C3=O)c1. The Morgan fingerprint density at radius 1 is 0.879 bits per heavy atom. The first-order valence-corrected chi connectivity index (χ1v) is 9.67. The van der Waals surface area contributed by atoms with E-state index in [1.807, 2.05) is 0 Å². The zero-order valence-corrected chi connectivity index (χ0v) is 17.2. The Kier molecular flexibility index (Phi) is 5.53. The van der Waals surface area contributed by atoms with E-state index in [0.717, 1.165) is 6.07 Å². The van der Waals surface area contributed by atoms with Crippen LogP contribution in [0.3, 0.4) is 0 Å². The Morgan fingerprint density at radius 2 is 1.58 bits per heavy atom. The van der Waals surface area contributed by atoms with Crippen LogP contribution >= 0.6 is 0 Å². The first-order chi connectivity index (χ1) is 15.8. The Balaban J connectivity index is 1.69. The van der Waals surface area contributed by atoms with Crippen molar-refractivity contribution in [1.29, 1.82) is 0 Å². The van der Waals surface area contributed by atoms with Crippen LogP contribution in [0.2, 0.25) is 0 Å². The molecule has 3 aromatic carbocycles. The summed E-state index contributed by atoms with van der Waals surface area (Å²) in [5.74, 6) is -2.88. The molecule has 1 aliphatic carbocycles. The second kappa shape index (κ2) is 8.46. The number of nitrogens with zero attached hydrogens (tertiary/aromatic N) is 1. The molecule has 33 heavy (non-hydrogen) atoms. The number of hydrogen-bond acceptors (Lipinski definition) is 8. The Morgan fingerprint density at radius 3 is 2.24 bits per heavy atom. The zero-order valence-electron chi connectivity index (χ0n) is 17.2. The summed E-state index contributed by atoms with van der Waals surface area (Å²) in [4.78, 5) is 61.2. The fourth-order valence-corrected chi connectivity index (χ4v) is 3.66. The van der Waals surface area contributed by atoms with E-state index in [9.17, 15) is 29.3 Å². The van der Waals surface area contributed by atoms with Crippen molar-refractivity contribution in [3.63, 3.8) is 0 Å². The normalized spacial score (nSPS) is 11.9. The summed E-state index contributed by atoms with van der Waals surface area (Å²) in [6.07, 6.45) is 0. The summed E-state index contributed by atoms with van der Waals surface area (Å²) in [7, 11) is 1.23. The minimum Gasteiger partial charge on any atom is -0.465 e. The van der Waals surface area contributed by atoms with Crippen LogP contribution in [0.1, 0.15) is 58.1 Å². The number of nitro benzene ring substituents is 1. The molecular weight excluding hydrogens is 430 g/mol. The summed E-state index contributed by atoms with van der Waals surface area (Å²) in [5, 5.41) is 11.9. The molecule has 0 saturated carbocycles. The molecule has 9 heteroatoms. The summed E-state index contributed by atoms with van der Waals surface area (Å²) < 4.78 is 9.85. The van der Waals surface area contributed by atoms with Crippen molar-refractivity contribution in [2.75, 3.05) is 7.11 Å². The third-order valence-corrected chi connectivity index (χ3v) is 5.19. The minimum absolute atomic E-state index is 0.0308. The van der Waals surface area contributed by atoms with Crippen molar-refractivity contribution in [2.45, 2.75) is 6.61 Å². The van der Waals surface area contributed by atoms with Crippen molar-refractivity contribution in [1.82, 2.24) is 0 Å². The molecule has 3 aromatic rings. The molecule has 9 nitrogen and oxygen atoms in total. The molecular formula is C24H15NO8. The molecule has 0 bridgehead atoms. The zero-order chi connectivity index (χ0) is 23.7. The van der Waals surface area contributed by atoms with Gasteiger partial charge in [-0.2, -0.15) is 0 Å². The number of benzene rings is 3. The van der Waals surface area contributed by atoms with E-state index in [-0.39, 0.29) is 28.9 Å². The van der Waals surface area contributed by atoms with E-state index in [1.165, 1.54) is 37.4 Å². The molecule has 0 fully saturated rings. The van der Waals surface area contributed by atoms with E-state index in [1.54, 1.807) is 24.3 Å². The fourth-order valence-electron chi connectivity index (χ4n) is 3.66. The third-order valence-electron chi connectivity index (χ3n) is 5.19.